The van der Waals surface area contributed by atoms with Gasteiger partial charge in [-0.1, -0.05) is 13.0 Å². The van der Waals surface area contributed by atoms with Crippen molar-refractivity contribution < 1.29 is 4.79 Å². The number of hydrogen-bond acceptors (Lipinski definition) is 3. The van der Waals surface area contributed by atoms with Crippen LogP contribution in [0.3, 0.4) is 0 Å². The second-order valence-electron chi connectivity index (χ2n) is 6.13. The summed E-state index contributed by atoms with van der Waals surface area (Å²) < 4.78 is 0. The minimum absolute atomic E-state index is 0.347. The normalized spacial score (nSPS) is 26.6. The summed E-state index contributed by atoms with van der Waals surface area (Å²) in [6.45, 7) is 4.85. The summed E-state index contributed by atoms with van der Waals surface area (Å²) in [5.74, 6) is 1.25. The van der Waals surface area contributed by atoms with Gasteiger partial charge in [0.1, 0.15) is 0 Å². The summed E-state index contributed by atoms with van der Waals surface area (Å²) in [5, 5.41) is 3.59. The van der Waals surface area contributed by atoms with Gasteiger partial charge >= 0.3 is 0 Å². The molecule has 0 spiro atoms. The summed E-state index contributed by atoms with van der Waals surface area (Å²) in [4.78, 5) is 18.5. The number of piperidine rings is 1. The van der Waals surface area contributed by atoms with E-state index in [9.17, 15) is 4.79 Å². The Balaban J connectivity index is 1.48. The molecule has 4 nitrogen and oxygen atoms in total. The molecule has 1 aromatic heterocycles. The Labute approximate surface area is 120 Å². The smallest absolute Gasteiger partial charge is 0.225 e. The molecule has 1 saturated heterocycles. The number of nitrogens with zero attached hydrogens (tertiary/aromatic N) is 2. The van der Waals surface area contributed by atoms with Gasteiger partial charge in [-0.05, 0) is 37.3 Å². The molecule has 1 aliphatic carbocycles. The lowest BCUT2D eigenvalue weighted by Gasteiger charge is -2.37. The third kappa shape index (κ3) is 3.18. The van der Waals surface area contributed by atoms with Gasteiger partial charge in [0.2, 0.25) is 5.91 Å². The standard InChI is InChI=1S/C16H23N3O/c1-12-11-19(16(20)13-5-6-13)9-7-15(12)18-10-14-4-2-3-8-17-14/h2-4,8,12-13,15,18H,5-7,9-11H2,1H3/t12-,15+/m0/s1. The van der Waals surface area contributed by atoms with Crippen LogP contribution in [-0.2, 0) is 11.3 Å². The molecule has 0 aromatic carbocycles. The highest BCUT2D eigenvalue weighted by molar-refractivity contribution is 5.81. The SMILES string of the molecule is C[C@H]1CN(C(=O)C2CC2)CC[C@H]1NCc1ccccn1. The highest BCUT2D eigenvalue weighted by Crippen LogP contribution is 2.32. The van der Waals surface area contributed by atoms with Crippen molar-refractivity contribution in [2.75, 3.05) is 13.1 Å². The van der Waals surface area contributed by atoms with Crippen LogP contribution >= 0.6 is 0 Å². The Bertz CT molecular complexity index is 458. The molecule has 20 heavy (non-hydrogen) atoms. The zero-order valence-electron chi connectivity index (χ0n) is 12.1. The highest BCUT2D eigenvalue weighted by Gasteiger charge is 2.36. The number of nitrogens with one attached hydrogen (secondary N) is 1. The second-order valence-corrected chi connectivity index (χ2v) is 6.13. The number of pyridine rings is 1. The predicted octanol–water partition coefficient (Wildman–Crippen LogP) is 1.82. The Kier molecular flexibility index (Phi) is 4.01. The predicted molar refractivity (Wildman–Crippen MR) is 77.9 cm³/mol. The van der Waals surface area contributed by atoms with Crippen molar-refractivity contribution >= 4 is 5.91 Å². The van der Waals surface area contributed by atoms with Gasteiger partial charge in [0.15, 0.2) is 0 Å². The maximum absolute atomic E-state index is 12.1. The number of rotatable bonds is 4. The van der Waals surface area contributed by atoms with Gasteiger partial charge in [0.05, 0.1) is 5.69 Å². The molecule has 2 fully saturated rings. The second kappa shape index (κ2) is 5.92. The molecular weight excluding hydrogens is 250 g/mol. The summed E-state index contributed by atoms with van der Waals surface area (Å²) in [5.41, 5.74) is 1.08. The van der Waals surface area contributed by atoms with Gasteiger partial charge in [-0.3, -0.25) is 9.78 Å². The monoisotopic (exact) mass is 273 g/mol. The molecule has 108 valence electrons. The van der Waals surface area contributed by atoms with Gasteiger partial charge in [-0.25, -0.2) is 0 Å². The Morgan fingerprint density at radius 2 is 2.25 bits per heavy atom. The minimum atomic E-state index is 0.347. The van der Waals surface area contributed by atoms with E-state index in [2.05, 4.69) is 22.1 Å². The first-order valence-corrected chi connectivity index (χ1v) is 7.66. The van der Waals surface area contributed by atoms with Crippen molar-refractivity contribution in [3.63, 3.8) is 0 Å². The maximum Gasteiger partial charge on any atom is 0.225 e. The van der Waals surface area contributed by atoms with Gasteiger partial charge in [-0.15, -0.1) is 0 Å². The summed E-state index contributed by atoms with van der Waals surface area (Å²) in [7, 11) is 0. The summed E-state index contributed by atoms with van der Waals surface area (Å²) in [6.07, 6.45) is 5.08. The van der Waals surface area contributed by atoms with Gasteiger partial charge in [0.25, 0.3) is 0 Å². The van der Waals surface area contributed by atoms with Crippen LogP contribution in [0.4, 0.5) is 0 Å². The highest BCUT2D eigenvalue weighted by atomic mass is 16.2. The minimum Gasteiger partial charge on any atom is -0.342 e. The van der Waals surface area contributed by atoms with Crippen LogP contribution in [0, 0.1) is 11.8 Å². The molecule has 1 N–H and O–H groups in total. The van der Waals surface area contributed by atoms with Crippen LogP contribution in [0.25, 0.3) is 0 Å². The van der Waals surface area contributed by atoms with E-state index >= 15 is 0 Å². The van der Waals surface area contributed by atoms with Crippen LogP contribution in [-0.4, -0.2) is 34.9 Å². The first-order chi connectivity index (χ1) is 9.74. The molecule has 1 amide bonds. The van der Waals surface area contributed by atoms with E-state index in [1.54, 1.807) is 0 Å². The quantitative estimate of drug-likeness (QED) is 0.910. The van der Waals surface area contributed by atoms with Crippen LogP contribution < -0.4 is 5.32 Å². The van der Waals surface area contributed by atoms with E-state index in [1.165, 1.54) is 0 Å². The number of hydrogen-bond donors (Lipinski definition) is 1. The van der Waals surface area contributed by atoms with Crippen LogP contribution in [0.5, 0.6) is 0 Å². The van der Waals surface area contributed by atoms with E-state index in [4.69, 9.17) is 0 Å². The molecular formula is C16H23N3O. The summed E-state index contributed by atoms with van der Waals surface area (Å²) >= 11 is 0. The van der Waals surface area contributed by atoms with Crippen molar-refractivity contribution in [3.8, 4) is 0 Å². The maximum atomic E-state index is 12.1. The van der Waals surface area contributed by atoms with Crippen molar-refractivity contribution in [3.05, 3.63) is 30.1 Å². The molecule has 2 aliphatic rings. The molecule has 1 saturated carbocycles. The van der Waals surface area contributed by atoms with E-state index < -0.39 is 0 Å². The molecule has 0 bridgehead atoms. The number of likely N-dealkylation sites (tertiary alicyclic amines) is 1. The van der Waals surface area contributed by atoms with Crippen molar-refractivity contribution in [1.29, 1.82) is 0 Å². The fourth-order valence-electron chi connectivity index (χ4n) is 2.98. The third-order valence-corrected chi connectivity index (χ3v) is 4.42. The first kappa shape index (κ1) is 13.6. The molecule has 4 heteroatoms. The average molecular weight is 273 g/mol. The molecule has 2 atom stereocenters. The molecule has 0 unspecified atom stereocenters. The van der Waals surface area contributed by atoms with Crippen LogP contribution in [0.15, 0.2) is 24.4 Å². The van der Waals surface area contributed by atoms with Crippen LogP contribution in [0.2, 0.25) is 0 Å². The number of amides is 1. The van der Waals surface area contributed by atoms with E-state index in [0.29, 0.717) is 23.8 Å². The molecule has 0 radical (unpaired) electrons. The molecule has 3 rings (SSSR count). The Morgan fingerprint density at radius 3 is 2.90 bits per heavy atom. The third-order valence-electron chi connectivity index (χ3n) is 4.42. The Morgan fingerprint density at radius 1 is 1.40 bits per heavy atom. The van der Waals surface area contributed by atoms with E-state index in [0.717, 1.165) is 44.6 Å². The van der Waals surface area contributed by atoms with Crippen molar-refractivity contribution in [1.82, 2.24) is 15.2 Å². The molecule has 1 aliphatic heterocycles. The van der Waals surface area contributed by atoms with E-state index in [-0.39, 0.29) is 0 Å². The largest absolute Gasteiger partial charge is 0.342 e. The van der Waals surface area contributed by atoms with Crippen molar-refractivity contribution in [2.45, 2.75) is 38.8 Å². The Hall–Kier alpha value is -1.42. The lowest BCUT2D eigenvalue weighted by Crippen LogP contribution is -2.50. The molecule has 2 heterocycles. The average Bonchev–Trinajstić information content (AvgIpc) is 3.31. The molecule has 1 aromatic rings. The van der Waals surface area contributed by atoms with Gasteiger partial charge in [0, 0.05) is 37.8 Å². The van der Waals surface area contributed by atoms with Gasteiger partial charge in [-0.2, -0.15) is 0 Å². The number of carbonyl (C=O) groups is 1. The number of carbonyl (C=O) groups excluding carboxylic acids is 1. The fraction of sp³-hybridized carbons (Fsp3) is 0.625. The topological polar surface area (TPSA) is 45.2 Å². The van der Waals surface area contributed by atoms with E-state index in [1.807, 2.05) is 24.4 Å². The summed E-state index contributed by atoms with van der Waals surface area (Å²) in [6, 6.07) is 6.49. The number of aromatic nitrogens is 1. The first-order valence-electron chi connectivity index (χ1n) is 7.66. The lowest BCUT2D eigenvalue weighted by molar-refractivity contribution is -0.134. The van der Waals surface area contributed by atoms with Crippen molar-refractivity contribution in [2.24, 2.45) is 11.8 Å². The fourth-order valence-corrected chi connectivity index (χ4v) is 2.98. The zero-order chi connectivity index (χ0) is 13.9. The van der Waals surface area contributed by atoms with Crippen LogP contribution in [0.1, 0.15) is 31.9 Å². The lowest BCUT2D eigenvalue weighted by atomic mass is 9.93. The van der Waals surface area contributed by atoms with Gasteiger partial charge < -0.3 is 10.2 Å². The zero-order valence-corrected chi connectivity index (χ0v) is 12.1.